The smallest absolute Gasteiger partial charge is 0.0529 e. The minimum absolute atomic E-state index is 0.222. The SMILES string of the molecule is CC(C)CNCC(C)(C)COCC1CCOCC1. The number of hydrogen-bond donors (Lipinski definition) is 1. The van der Waals surface area contributed by atoms with Gasteiger partial charge in [-0.25, -0.2) is 0 Å². The van der Waals surface area contributed by atoms with Crippen LogP contribution >= 0.6 is 0 Å². The molecule has 18 heavy (non-hydrogen) atoms. The molecule has 1 aliphatic heterocycles. The van der Waals surface area contributed by atoms with Gasteiger partial charge in [-0.1, -0.05) is 27.7 Å². The summed E-state index contributed by atoms with van der Waals surface area (Å²) in [7, 11) is 0. The molecule has 0 radical (unpaired) electrons. The van der Waals surface area contributed by atoms with Gasteiger partial charge >= 0.3 is 0 Å². The normalized spacial score (nSPS) is 18.5. The lowest BCUT2D eigenvalue weighted by Crippen LogP contribution is -2.35. The number of nitrogens with one attached hydrogen (secondary N) is 1. The maximum Gasteiger partial charge on any atom is 0.0529 e. The van der Waals surface area contributed by atoms with Crippen LogP contribution in [0.1, 0.15) is 40.5 Å². The van der Waals surface area contributed by atoms with E-state index in [9.17, 15) is 0 Å². The summed E-state index contributed by atoms with van der Waals surface area (Å²) in [6.07, 6.45) is 2.32. The lowest BCUT2D eigenvalue weighted by Gasteiger charge is -2.28. The third-order valence-corrected chi connectivity index (χ3v) is 3.34. The van der Waals surface area contributed by atoms with Gasteiger partial charge in [0.05, 0.1) is 6.61 Å². The molecule has 0 amide bonds. The average Bonchev–Trinajstić information content (AvgIpc) is 2.29. The van der Waals surface area contributed by atoms with E-state index in [1.165, 1.54) is 0 Å². The van der Waals surface area contributed by atoms with Crippen molar-refractivity contribution in [2.24, 2.45) is 17.3 Å². The first-order valence-corrected chi connectivity index (χ1v) is 7.36. The van der Waals surface area contributed by atoms with Crippen LogP contribution in [0, 0.1) is 17.3 Å². The van der Waals surface area contributed by atoms with Crippen LogP contribution in [0.2, 0.25) is 0 Å². The summed E-state index contributed by atoms with van der Waals surface area (Å²) < 4.78 is 11.3. The molecular formula is C15H31NO2. The van der Waals surface area contributed by atoms with Crippen LogP contribution in [-0.2, 0) is 9.47 Å². The molecule has 1 rings (SSSR count). The van der Waals surface area contributed by atoms with Crippen molar-refractivity contribution in [2.45, 2.75) is 40.5 Å². The lowest BCUT2D eigenvalue weighted by molar-refractivity contribution is -0.00163. The molecule has 3 heteroatoms. The van der Waals surface area contributed by atoms with Crippen LogP contribution in [0.4, 0.5) is 0 Å². The third kappa shape index (κ3) is 7.34. The first-order valence-electron chi connectivity index (χ1n) is 7.36. The van der Waals surface area contributed by atoms with Gasteiger partial charge in [-0.15, -0.1) is 0 Å². The second-order valence-corrected chi connectivity index (χ2v) is 6.76. The molecule has 0 aromatic heterocycles. The van der Waals surface area contributed by atoms with E-state index >= 15 is 0 Å². The number of hydrogen-bond acceptors (Lipinski definition) is 3. The first-order chi connectivity index (χ1) is 8.49. The maximum atomic E-state index is 5.90. The molecule has 1 saturated heterocycles. The number of ether oxygens (including phenoxy) is 2. The zero-order valence-electron chi connectivity index (χ0n) is 12.6. The second-order valence-electron chi connectivity index (χ2n) is 6.76. The average molecular weight is 257 g/mol. The van der Waals surface area contributed by atoms with Crippen molar-refractivity contribution in [1.82, 2.24) is 5.32 Å². The fourth-order valence-corrected chi connectivity index (χ4v) is 2.17. The van der Waals surface area contributed by atoms with Crippen molar-refractivity contribution in [1.29, 1.82) is 0 Å². The minimum atomic E-state index is 0.222. The third-order valence-electron chi connectivity index (χ3n) is 3.34. The fourth-order valence-electron chi connectivity index (χ4n) is 2.17. The molecule has 0 bridgehead atoms. The van der Waals surface area contributed by atoms with Gasteiger partial charge in [0.1, 0.15) is 0 Å². The topological polar surface area (TPSA) is 30.5 Å². The summed E-state index contributed by atoms with van der Waals surface area (Å²) in [5.41, 5.74) is 0.222. The second kappa shape index (κ2) is 8.13. The van der Waals surface area contributed by atoms with Crippen molar-refractivity contribution >= 4 is 0 Å². The Hall–Kier alpha value is -0.120. The van der Waals surface area contributed by atoms with E-state index < -0.39 is 0 Å². The highest BCUT2D eigenvalue weighted by Crippen LogP contribution is 2.18. The van der Waals surface area contributed by atoms with Crippen molar-refractivity contribution in [3.8, 4) is 0 Å². The summed E-state index contributed by atoms with van der Waals surface area (Å²) in [5, 5.41) is 3.51. The highest BCUT2D eigenvalue weighted by atomic mass is 16.5. The van der Waals surface area contributed by atoms with Crippen LogP contribution < -0.4 is 5.32 Å². The predicted octanol–water partition coefficient (Wildman–Crippen LogP) is 2.70. The molecule has 0 spiro atoms. The predicted molar refractivity (Wildman–Crippen MR) is 75.9 cm³/mol. The summed E-state index contributed by atoms with van der Waals surface area (Å²) in [4.78, 5) is 0. The van der Waals surface area contributed by atoms with E-state index in [-0.39, 0.29) is 5.41 Å². The highest BCUT2D eigenvalue weighted by Gasteiger charge is 2.20. The van der Waals surface area contributed by atoms with E-state index in [1.54, 1.807) is 0 Å². The molecule has 0 aromatic rings. The molecule has 1 fully saturated rings. The van der Waals surface area contributed by atoms with Crippen molar-refractivity contribution in [3.05, 3.63) is 0 Å². The molecule has 0 aliphatic carbocycles. The monoisotopic (exact) mass is 257 g/mol. The molecule has 0 atom stereocenters. The Kier molecular flexibility index (Phi) is 7.20. The van der Waals surface area contributed by atoms with Crippen LogP contribution in [0.3, 0.4) is 0 Å². The van der Waals surface area contributed by atoms with Crippen LogP contribution in [0.25, 0.3) is 0 Å². The standard InChI is InChI=1S/C15H31NO2/c1-13(2)9-16-11-15(3,4)12-18-10-14-5-7-17-8-6-14/h13-14,16H,5-12H2,1-4H3. The zero-order valence-corrected chi connectivity index (χ0v) is 12.6. The van der Waals surface area contributed by atoms with E-state index in [2.05, 4.69) is 33.0 Å². The summed E-state index contributed by atoms with van der Waals surface area (Å²) in [5.74, 6) is 1.42. The first kappa shape index (κ1) is 15.9. The quantitative estimate of drug-likeness (QED) is 0.725. The molecule has 0 unspecified atom stereocenters. The van der Waals surface area contributed by atoms with Gasteiger partial charge < -0.3 is 14.8 Å². The van der Waals surface area contributed by atoms with E-state index in [0.717, 1.165) is 52.4 Å². The Bertz CT molecular complexity index is 211. The van der Waals surface area contributed by atoms with E-state index in [0.29, 0.717) is 11.8 Å². The van der Waals surface area contributed by atoms with Crippen molar-refractivity contribution < 1.29 is 9.47 Å². The zero-order chi connectivity index (χ0) is 13.4. The highest BCUT2D eigenvalue weighted by molar-refractivity contribution is 4.72. The Morgan fingerprint density at radius 3 is 2.56 bits per heavy atom. The summed E-state index contributed by atoms with van der Waals surface area (Å²) >= 11 is 0. The van der Waals surface area contributed by atoms with E-state index in [1.807, 2.05) is 0 Å². The lowest BCUT2D eigenvalue weighted by atomic mass is 9.94. The largest absolute Gasteiger partial charge is 0.381 e. The Balaban J connectivity index is 2.08. The van der Waals surface area contributed by atoms with Crippen LogP contribution in [0.5, 0.6) is 0 Å². The number of rotatable bonds is 8. The van der Waals surface area contributed by atoms with Gasteiger partial charge in [0.25, 0.3) is 0 Å². The van der Waals surface area contributed by atoms with Gasteiger partial charge in [-0.2, -0.15) is 0 Å². The van der Waals surface area contributed by atoms with Crippen molar-refractivity contribution in [2.75, 3.05) is 39.5 Å². The molecule has 1 N–H and O–H groups in total. The van der Waals surface area contributed by atoms with Crippen LogP contribution in [0.15, 0.2) is 0 Å². The summed E-state index contributed by atoms with van der Waals surface area (Å²) in [6, 6.07) is 0. The minimum Gasteiger partial charge on any atom is -0.381 e. The Morgan fingerprint density at radius 1 is 1.28 bits per heavy atom. The van der Waals surface area contributed by atoms with E-state index in [4.69, 9.17) is 9.47 Å². The van der Waals surface area contributed by atoms with Crippen LogP contribution in [-0.4, -0.2) is 39.5 Å². The molecule has 1 aliphatic rings. The molecule has 108 valence electrons. The summed E-state index contributed by atoms with van der Waals surface area (Å²) in [6.45, 7) is 14.7. The van der Waals surface area contributed by atoms with Gasteiger partial charge in [0, 0.05) is 31.8 Å². The van der Waals surface area contributed by atoms with Crippen molar-refractivity contribution in [3.63, 3.8) is 0 Å². The Labute approximate surface area is 113 Å². The molecule has 0 aromatic carbocycles. The Morgan fingerprint density at radius 2 is 1.94 bits per heavy atom. The maximum absolute atomic E-state index is 5.90. The van der Waals surface area contributed by atoms with Gasteiger partial charge in [-0.05, 0) is 31.2 Å². The fraction of sp³-hybridized carbons (Fsp3) is 1.00. The molecule has 1 heterocycles. The van der Waals surface area contributed by atoms with Gasteiger partial charge in [0.15, 0.2) is 0 Å². The van der Waals surface area contributed by atoms with Gasteiger partial charge in [-0.3, -0.25) is 0 Å². The molecule has 0 saturated carbocycles. The molecule has 3 nitrogen and oxygen atoms in total. The van der Waals surface area contributed by atoms with Gasteiger partial charge in [0.2, 0.25) is 0 Å². The molecular weight excluding hydrogens is 226 g/mol.